The largest absolute Gasteiger partial charge is 0.476 e. The van der Waals surface area contributed by atoms with Crippen molar-refractivity contribution in [2.75, 3.05) is 0 Å². The molecule has 0 radical (unpaired) electrons. The van der Waals surface area contributed by atoms with Crippen molar-refractivity contribution in [2.24, 2.45) is 0 Å². The second-order valence-electron chi connectivity index (χ2n) is 1.60. The Hall–Kier alpha value is -0.900. The van der Waals surface area contributed by atoms with Crippen LogP contribution in [0.3, 0.4) is 0 Å². The summed E-state index contributed by atoms with van der Waals surface area (Å²) in [6.45, 7) is 1.77. The lowest BCUT2D eigenvalue weighted by atomic mass is 10.6. The number of aromatic carboxylic acids is 1. The summed E-state index contributed by atoms with van der Waals surface area (Å²) in [5.41, 5.74) is 0.761. The summed E-state index contributed by atoms with van der Waals surface area (Å²) in [7, 11) is 0. The maximum Gasteiger partial charge on any atom is 0.365 e. The van der Waals surface area contributed by atoms with Crippen LogP contribution in [0.25, 0.3) is 0 Å². The van der Waals surface area contributed by atoms with Crippen molar-refractivity contribution in [3.8, 4) is 0 Å². The number of aryl methyl sites for hydroxylation is 1. The molecule has 9 heavy (non-hydrogen) atoms. The highest BCUT2D eigenvalue weighted by Crippen LogP contribution is 2.07. The van der Waals surface area contributed by atoms with Gasteiger partial charge in [-0.25, -0.2) is 9.78 Å². The summed E-state index contributed by atoms with van der Waals surface area (Å²) in [5, 5.41) is 10.2. The van der Waals surface area contributed by atoms with Crippen molar-refractivity contribution in [1.82, 2.24) is 4.98 Å². The van der Waals surface area contributed by atoms with Gasteiger partial charge in [0.15, 0.2) is 0 Å². The molecule has 1 aromatic rings. The first-order valence-electron chi connectivity index (χ1n) is 2.35. The monoisotopic (exact) mass is 143 g/mol. The lowest BCUT2D eigenvalue weighted by molar-refractivity contribution is 0.0696. The number of hydrogen-bond donors (Lipinski definition) is 1. The third kappa shape index (κ3) is 1.26. The summed E-state index contributed by atoms with van der Waals surface area (Å²) >= 11 is 1.15. The van der Waals surface area contributed by atoms with Crippen LogP contribution in [0.5, 0.6) is 0 Å². The molecule has 1 aromatic heterocycles. The topological polar surface area (TPSA) is 50.2 Å². The molecule has 0 aliphatic rings. The molecule has 0 saturated heterocycles. The highest BCUT2D eigenvalue weighted by molar-refractivity contribution is 7.11. The summed E-state index contributed by atoms with van der Waals surface area (Å²) < 4.78 is 0. The number of hydrogen-bond acceptors (Lipinski definition) is 3. The Kier molecular flexibility index (Phi) is 1.48. The van der Waals surface area contributed by atoms with Crippen LogP contribution < -0.4 is 0 Å². The van der Waals surface area contributed by atoms with E-state index >= 15 is 0 Å². The summed E-state index contributed by atoms with van der Waals surface area (Å²) in [5.74, 6) is -0.951. The van der Waals surface area contributed by atoms with E-state index in [2.05, 4.69) is 4.98 Å². The number of thiazole rings is 1. The molecule has 1 rings (SSSR count). The Balaban J connectivity index is 2.98. The van der Waals surface area contributed by atoms with Gasteiger partial charge >= 0.3 is 5.97 Å². The van der Waals surface area contributed by atoms with Crippen LogP contribution in [-0.2, 0) is 0 Å². The van der Waals surface area contributed by atoms with E-state index in [-0.39, 0.29) is 5.01 Å². The highest BCUT2D eigenvalue weighted by atomic mass is 32.1. The summed E-state index contributed by atoms with van der Waals surface area (Å²) in [6, 6.07) is 0. The Bertz CT molecular complexity index is 231. The smallest absolute Gasteiger partial charge is 0.365 e. The number of carbonyl (C=O) groups is 1. The zero-order valence-corrected chi connectivity index (χ0v) is 5.60. The third-order valence-corrected chi connectivity index (χ3v) is 1.75. The molecule has 4 heteroatoms. The van der Waals surface area contributed by atoms with Gasteiger partial charge < -0.3 is 5.11 Å². The molecule has 0 amide bonds. The standard InChI is InChI=1S/C5H5NO2S/c1-3-2-9-4(6-3)5(7)8/h2H,1H3,(H,7,8). The molecule has 1 N–H and O–H groups in total. The minimum Gasteiger partial charge on any atom is -0.476 e. The van der Waals surface area contributed by atoms with E-state index in [1.807, 2.05) is 0 Å². The van der Waals surface area contributed by atoms with Crippen molar-refractivity contribution in [2.45, 2.75) is 6.92 Å². The minimum absolute atomic E-state index is 0.160. The SMILES string of the molecule is Cc1csc(C(=O)O)n1. The molecule has 0 aliphatic heterocycles. The van der Waals surface area contributed by atoms with Gasteiger partial charge in [-0.15, -0.1) is 11.3 Å². The number of carboxylic acid groups (broad SMARTS) is 1. The molecule has 0 saturated carbocycles. The normalized spacial score (nSPS) is 9.44. The second kappa shape index (κ2) is 2.14. The van der Waals surface area contributed by atoms with E-state index < -0.39 is 5.97 Å². The Morgan fingerprint density at radius 3 is 2.78 bits per heavy atom. The van der Waals surface area contributed by atoms with Gasteiger partial charge in [0.25, 0.3) is 0 Å². The molecular weight excluding hydrogens is 138 g/mol. The maximum absolute atomic E-state index is 10.2. The number of rotatable bonds is 1. The van der Waals surface area contributed by atoms with Crippen molar-refractivity contribution in [1.29, 1.82) is 0 Å². The zero-order chi connectivity index (χ0) is 6.85. The van der Waals surface area contributed by atoms with E-state index in [9.17, 15) is 4.79 Å². The molecule has 0 bridgehead atoms. The van der Waals surface area contributed by atoms with E-state index in [1.54, 1.807) is 12.3 Å². The lowest BCUT2D eigenvalue weighted by Crippen LogP contribution is -1.93. The van der Waals surface area contributed by atoms with Gasteiger partial charge in [0.1, 0.15) is 0 Å². The molecule has 0 fully saturated rings. The van der Waals surface area contributed by atoms with Crippen molar-refractivity contribution < 1.29 is 9.90 Å². The molecule has 0 aliphatic carbocycles. The van der Waals surface area contributed by atoms with Crippen LogP contribution >= 0.6 is 11.3 Å². The van der Waals surface area contributed by atoms with Crippen LogP contribution in [0.2, 0.25) is 0 Å². The quantitative estimate of drug-likeness (QED) is 0.641. The molecule has 0 atom stereocenters. The molecule has 0 spiro atoms. The van der Waals surface area contributed by atoms with Gasteiger partial charge in [-0.3, -0.25) is 0 Å². The molecule has 3 nitrogen and oxygen atoms in total. The van der Waals surface area contributed by atoms with Crippen LogP contribution in [0, 0.1) is 6.92 Å². The third-order valence-electron chi connectivity index (χ3n) is 0.802. The molecular formula is C5H5NO2S. The van der Waals surface area contributed by atoms with E-state index in [0.29, 0.717) is 0 Å². The predicted molar refractivity (Wildman–Crippen MR) is 33.8 cm³/mol. The Morgan fingerprint density at radius 2 is 2.56 bits per heavy atom. The average Bonchev–Trinajstić information content (AvgIpc) is 2.14. The van der Waals surface area contributed by atoms with Crippen LogP contribution in [0.15, 0.2) is 5.38 Å². The van der Waals surface area contributed by atoms with Gasteiger partial charge in [-0.2, -0.15) is 0 Å². The minimum atomic E-state index is -0.951. The fourth-order valence-corrected chi connectivity index (χ4v) is 1.08. The van der Waals surface area contributed by atoms with Crippen LogP contribution in [-0.4, -0.2) is 16.1 Å². The lowest BCUT2D eigenvalue weighted by Gasteiger charge is -1.79. The van der Waals surface area contributed by atoms with Gasteiger partial charge in [0, 0.05) is 11.1 Å². The van der Waals surface area contributed by atoms with E-state index in [1.165, 1.54) is 0 Å². The predicted octanol–water partition coefficient (Wildman–Crippen LogP) is 1.15. The Labute approximate surface area is 56.0 Å². The first-order valence-corrected chi connectivity index (χ1v) is 3.23. The second-order valence-corrected chi connectivity index (χ2v) is 2.46. The molecule has 0 unspecified atom stereocenters. The van der Waals surface area contributed by atoms with Gasteiger partial charge in [-0.05, 0) is 6.92 Å². The summed E-state index contributed by atoms with van der Waals surface area (Å²) in [4.78, 5) is 13.9. The molecule has 48 valence electrons. The van der Waals surface area contributed by atoms with Crippen molar-refractivity contribution >= 4 is 17.3 Å². The van der Waals surface area contributed by atoms with Gasteiger partial charge in [0.2, 0.25) is 5.01 Å². The maximum atomic E-state index is 10.2. The van der Waals surface area contributed by atoms with Gasteiger partial charge in [-0.1, -0.05) is 0 Å². The van der Waals surface area contributed by atoms with Crippen molar-refractivity contribution in [3.63, 3.8) is 0 Å². The van der Waals surface area contributed by atoms with E-state index in [0.717, 1.165) is 17.0 Å². The highest BCUT2D eigenvalue weighted by Gasteiger charge is 2.04. The zero-order valence-electron chi connectivity index (χ0n) is 4.79. The molecule has 0 aromatic carbocycles. The van der Waals surface area contributed by atoms with Crippen molar-refractivity contribution in [3.05, 3.63) is 16.1 Å². The van der Waals surface area contributed by atoms with E-state index in [4.69, 9.17) is 5.11 Å². The number of nitrogens with zero attached hydrogens (tertiary/aromatic N) is 1. The average molecular weight is 143 g/mol. The summed E-state index contributed by atoms with van der Waals surface area (Å²) in [6.07, 6.45) is 0. The number of aromatic nitrogens is 1. The first kappa shape index (κ1) is 6.22. The first-order chi connectivity index (χ1) is 4.20. The number of carboxylic acids is 1. The molecule has 1 heterocycles. The Morgan fingerprint density at radius 1 is 1.89 bits per heavy atom. The fraction of sp³-hybridized carbons (Fsp3) is 0.200. The van der Waals surface area contributed by atoms with Crippen LogP contribution in [0.1, 0.15) is 15.5 Å². The van der Waals surface area contributed by atoms with Gasteiger partial charge in [0.05, 0.1) is 0 Å². The fourth-order valence-electron chi connectivity index (χ4n) is 0.452. The van der Waals surface area contributed by atoms with Crippen LogP contribution in [0.4, 0.5) is 0 Å².